The number of amides is 1. The molecule has 1 amide bonds. The number of methoxy groups -OCH3 is 1. The first kappa shape index (κ1) is 14.2. The average molecular weight is 254 g/mol. The van der Waals surface area contributed by atoms with Gasteiger partial charge in [0.05, 0.1) is 6.61 Å². The summed E-state index contributed by atoms with van der Waals surface area (Å²) < 4.78 is 6.54. The molecular weight excluding hydrogens is 236 g/mol. The fourth-order valence-corrected chi connectivity index (χ4v) is 1.60. The number of nitrogens with one attached hydrogen (secondary N) is 1. The molecule has 1 unspecified atom stereocenters. The summed E-state index contributed by atoms with van der Waals surface area (Å²) in [7, 11) is 3.14. The zero-order chi connectivity index (χ0) is 13.9. The van der Waals surface area contributed by atoms with Crippen molar-refractivity contribution >= 4 is 11.9 Å². The molecule has 2 N–H and O–H groups in total. The van der Waals surface area contributed by atoms with Gasteiger partial charge in [0, 0.05) is 19.9 Å². The van der Waals surface area contributed by atoms with Gasteiger partial charge in [0.15, 0.2) is 5.54 Å². The van der Waals surface area contributed by atoms with Crippen LogP contribution in [0.1, 0.15) is 23.1 Å². The Morgan fingerprint density at radius 2 is 2.11 bits per heavy atom. The van der Waals surface area contributed by atoms with Crippen molar-refractivity contribution in [2.75, 3.05) is 13.7 Å². The summed E-state index contributed by atoms with van der Waals surface area (Å²) in [5, 5.41) is 11.6. The number of carbonyl (C=O) groups is 2. The maximum absolute atomic E-state index is 12.0. The molecule has 1 heterocycles. The van der Waals surface area contributed by atoms with Crippen molar-refractivity contribution < 1.29 is 19.4 Å². The van der Waals surface area contributed by atoms with Gasteiger partial charge in [-0.1, -0.05) is 0 Å². The SMILES string of the molecule is COCC(C)(NC(=O)c1ccc(C)n1C)C(=O)O. The molecule has 6 heteroatoms. The van der Waals surface area contributed by atoms with Crippen LogP contribution >= 0.6 is 0 Å². The Morgan fingerprint density at radius 1 is 1.50 bits per heavy atom. The molecule has 18 heavy (non-hydrogen) atoms. The summed E-state index contributed by atoms with van der Waals surface area (Å²) in [5.74, 6) is -1.57. The van der Waals surface area contributed by atoms with Crippen LogP contribution in [0.15, 0.2) is 12.1 Å². The number of nitrogens with zero attached hydrogens (tertiary/aromatic N) is 1. The molecule has 1 aromatic rings. The van der Waals surface area contributed by atoms with Crippen molar-refractivity contribution in [3.63, 3.8) is 0 Å². The zero-order valence-corrected chi connectivity index (χ0v) is 11.0. The molecule has 0 aliphatic rings. The van der Waals surface area contributed by atoms with E-state index in [4.69, 9.17) is 9.84 Å². The number of ether oxygens (including phenoxy) is 1. The minimum atomic E-state index is -1.44. The number of rotatable bonds is 5. The van der Waals surface area contributed by atoms with Gasteiger partial charge in [-0.3, -0.25) is 4.79 Å². The summed E-state index contributed by atoms with van der Waals surface area (Å²) in [4.78, 5) is 23.2. The Morgan fingerprint density at radius 3 is 2.50 bits per heavy atom. The van der Waals surface area contributed by atoms with Gasteiger partial charge in [-0.15, -0.1) is 0 Å². The molecule has 1 aromatic heterocycles. The number of aromatic nitrogens is 1. The molecule has 0 fully saturated rings. The molecule has 0 aliphatic heterocycles. The van der Waals surface area contributed by atoms with E-state index in [9.17, 15) is 9.59 Å². The molecule has 0 saturated carbocycles. The fourth-order valence-electron chi connectivity index (χ4n) is 1.60. The van der Waals surface area contributed by atoms with Crippen LogP contribution in [0.25, 0.3) is 0 Å². The van der Waals surface area contributed by atoms with E-state index >= 15 is 0 Å². The normalized spacial score (nSPS) is 14.0. The summed E-state index contributed by atoms with van der Waals surface area (Å²) >= 11 is 0. The van der Waals surface area contributed by atoms with Crippen molar-refractivity contribution in [1.82, 2.24) is 9.88 Å². The third-order valence-corrected chi connectivity index (χ3v) is 2.90. The van der Waals surface area contributed by atoms with Crippen LogP contribution in [-0.4, -0.2) is 40.8 Å². The third-order valence-electron chi connectivity index (χ3n) is 2.90. The molecule has 6 nitrogen and oxygen atoms in total. The Bertz CT molecular complexity index is 467. The van der Waals surface area contributed by atoms with Gasteiger partial charge in [-0.25, -0.2) is 4.79 Å². The lowest BCUT2D eigenvalue weighted by molar-refractivity contribution is -0.145. The second-order valence-corrected chi connectivity index (χ2v) is 4.44. The first-order chi connectivity index (χ1) is 8.31. The van der Waals surface area contributed by atoms with E-state index in [-0.39, 0.29) is 6.61 Å². The topological polar surface area (TPSA) is 80.6 Å². The van der Waals surface area contributed by atoms with Gasteiger partial charge in [-0.05, 0) is 26.0 Å². The lowest BCUT2D eigenvalue weighted by Gasteiger charge is -2.25. The Labute approximate surface area is 106 Å². The average Bonchev–Trinajstić information content (AvgIpc) is 2.59. The molecular formula is C12H18N2O4. The van der Waals surface area contributed by atoms with E-state index in [1.165, 1.54) is 14.0 Å². The van der Waals surface area contributed by atoms with Crippen molar-refractivity contribution in [2.24, 2.45) is 7.05 Å². The van der Waals surface area contributed by atoms with Crippen LogP contribution in [0.3, 0.4) is 0 Å². The highest BCUT2D eigenvalue weighted by Crippen LogP contribution is 2.10. The number of aliphatic carboxylic acids is 1. The smallest absolute Gasteiger partial charge is 0.331 e. The minimum Gasteiger partial charge on any atom is -0.479 e. The Kier molecular flexibility index (Phi) is 4.13. The summed E-state index contributed by atoms with van der Waals surface area (Å²) in [6, 6.07) is 3.45. The number of aryl methyl sites for hydroxylation is 1. The van der Waals surface area contributed by atoms with Gasteiger partial charge in [0.2, 0.25) is 0 Å². The van der Waals surface area contributed by atoms with Crippen molar-refractivity contribution in [2.45, 2.75) is 19.4 Å². The molecule has 0 spiro atoms. The van der Waals surface area contributed by atoms with E-state index in [1.54, 1.807) is 23.7 Å². The zero-order valence-electron chi connectivity index (χ0n) is 11.0. The second kappa shape index (κ2) is 5.22. The van der Waals surface area contributed by atoms with Gasteiger partial charge >= 0.3 is 5.97 Å². The van der Waals surface area contributed by atoms with Crippen LogP contribution in [-0.2, 0) is 16.6 Å². The molecule has 0 saturated heterocycles. The monoisotopic (exact) mass is 254 g/mol. The maximum atomic E-state index is 12.0. The van der Waals surface area contributed by atoms with Gasteiger partial charge in [0.25, 0.3) is 5.91 Å². The number of hydrogen-bond donors (Lipinski definition) is 2. The van der Waals surface area contributed by atoms with E-state index in [0.717, 1.165) is 5.69 Å². The first-order valence-electron chi connectivity index (χ1n) is 5.49. The number of carboxylic acid groups (broad SMARTS) is 1. The molecule has 0 radical (unpaired) electrons. The quantitative estimate of drug-likeness (QED) is 0.804. The molecule has 1 rings (SSSR count). The number of carboxylic acids is 1. The van der Waals surface area contributed by atoms with Crippen LogP contribution in [0, 0.1) is 6.92 Å². The van der Waals surface area contributed by atoms with Crippen molar-refractivity contribution in [3.05, 3.63) is 23.5 Å². The third kappa shape index (κ3) is 2.70. The Balaban J connectivity index is 2.92. The minimum absolute atomic E-state index is 0.0997. The van der Waals surface area contributed by atoms with Gasteiger partial charge in [-0.2, -0.15) is 0 Å². The van der Waals surface area contributed by atoms with E-state index in [1.807, 2.05) is 6.92 Å². The Hall–Kier alpha value is -1.82. The molecule has 0 aliphatic carbocycles. The summed E-state index contributed by atoms with van der Waals surface area (Å²) in [6.07, 6.45) is 0. The van der Waals surface area contributed by atoms with Gasteiger partial charge < -0.3 is 19.7 Å². The van der Waals surface area contributed by atoms with Crippen LogP contribution in [0.2, 0.25) is 0 Å². The fraction of sp³-hybridized carbons (Fsp3) is 0.500. The standard InChI is InChI=1S/C12H18N2O4/c1-8-5-6-9(14(8)3)10(15)13-12(2,7-18-4)11(16)17/h5-6H,7H2,1-4H3,(H,13,15)(H,16,17). The predicted molar refractivity (Wildman–Crippen MR) is 65.5 cm³/mol. The lowest BCUT2D eigenvalue weighted by Crippen LogP contribution is -2.55. The summed E-state index contributed by atoms with van der Waals surface area (Å²) in [5.41, 5.74) is -0.107. The molecule has 0 aromatic carbocycles. The van der Waals surface area contributed by atoms with Crippen LogP contribution in [0.5, 0.6) is 0 Å². The van der Waals surface area contributed by atoms with Crippen molar-refractivity contribution in [1.29, 1.82) is 0 Å². The predicted octanol–water partition coefficient (Wildman–Crippen LogP) is 0.553. The highest BCUT2D eigenvalue weighted by molar-refractivity contribution is 5.96. The highest BCUT2D eigenvalue weighted by atomic mass is 16.5. The highest BCUT2D eigenvalue weighted by Gasteiger charge is 2.35. The second-order valence-electron chi connectivity index (χ2n) is 4.44. The molecule has 100 valence electrons. The first-order valence-corrected chi connectivity index (χ1v) is 5.49. The number of hydrogen-bond acceptors (Lipinski definition) is 3. The van der Waals surface area contributed by atoms with Crippen molar-refractivity contribution in [3.8, 4) is 0 Å². The van der Waals surface area contributed by atoms with E-state index in [2.05, 4.69) is 5.32 Å². The van der Waals surface area contributed by atoms with Crippen LogP contribution in [0.4, 0.5) is 0 Å². The van der Waals surface area contributed by atoms with E-state index in [0.29, 0.717) is 5.69 Å². The van der Waals surface area contributed by atoms with Gasteiger partial charge in [0.1, 0.15) is 5.69 Å². The maximum Gasteiger partial charge on any atom is 0.331 e. The lowest BCUT2D eigenvalue weighted by atomic mass is 10.0. The van der Waals surface area contributed by atoms with E-state index < -0.39 is 17.4 Å². The molecule has 1 atom stereocenters. The number of carbonyl (C=O) groups excluding carboxylic acids is 1. The summed E-state index contributed by atoms with van der Waals surface area (Å²) in [6.45, 7) is 3.17. The largest absolute Gasteiger partial charge is 0.479 e. The van der Waals surface area contributed by atoms with Crippen LogP contribution < -0.4 is 5.32 Å². The molecule has 0 bridgehead atoms.